The Morgan fingerprint density at radius 1 is 1.00 bits per heavy atom. The van der Waals surface area contributed by atoms with Gasteiger partial charge in [-0.05, 0) is 0 Å². The van der Waals surface area contributed by atoms with Crippen LogP contribution in [0.15, 0.2) is 0 Å². The SMILES string of the molecule is O=C([O-])COC(O)(CC(=O)[O-])C(=O)[O-].[Na+].[Na+].[Na+]. The summed E-state index contributed by atoms with van der Waals surface area (Å²) in [5.41, 5.74) is 0. The van der Waals surface area contributed by atoms with Crippen molar-refractivity contribution in [3.8, 4) is 0 Å². The van der Waals surface area contributed by atoms with E-state index < -0.39 is 36.7 Å². The second-order valence-corrected chi connectivity index (χ2v) is 2.28. The van der Waals surface area contributed by atoms with Crippen molar-refractivity contribution in [1.82, 2.24) is 0 Å². The summed E-state index contributed by atoms with van der Waals surface area (Å²) in [5.74, 6) is -9.25. The number of ether oxygens (including phenoxy) is 1. The molecule has 0 fully saturated rings. The summed E-state index contributed by atoms with van der Waals surface area (Å²) in [4.78, 5) is 30.0. The third kappa shape index (κ3) is 12.1. The van der Waals surface area contributed by atoms with Crippen molar-refractivity contribution in [3.63, 3.8) is 0 Å². The quantitative estimate of drug-likeness (QED) is 0.370. The molecule has 0 aliphatic heterocycles. The molecule has 0 heterocycles. The van der Waals surface area contributed by atoms with Crippen LogP contribution in [0.3, 0.4) is 0 Å². The van der Waals surface area contributed by atoms with Crippen molar-refractivity contribution >= 4 is 17.9 Å². The van der Waals surface area contributed by atoms with Gasteiger partial charge in [0.1, 0.15) is 5.97 Å². The Morgan fingerprint density at radius 2 is 1.41 bits per heavy atom. The fourth-order valence-corrected chi connectivity index (χ4v) is 0.556. The van der Waals surface area contributed by atoms with E-state index in [0.717, 1.165) is 0 Å². The average molecular weight is 274 g/mol. The molecule has 0 aliphatic carbocycles. The van der Waals surface area contributed by atoms with E-state index in [2.05, 4.69) is 4.74 Å². The van der Waals surface area contributed by atoms with Crippen LogP contribution in [0.1, 0.15) is 6.42 Å². The largest absolute Gasteiger partial charge is 1.00 e. The van der Waals surface area contributed by atoms with Crippen LogP contribution >= 0.6 is 0 Å². The molecule has 0 radical (unpaired) electrons. The molecule has 0 bridgehead atoms. The summed E-state index contributed by atoms with van der Waals surface area (Å²) >= 11 is 0. The number of carbonyl (C=O) groups excluding carboxylic acids is 3. The molecule has 8 nitrogen and oxygen atoms in total. The predicted octanol–water partition coefficient (Wildman–Crippen LogP) is -14.7. The third-order valence-electron chi connectivity index (χ3n) is 1.13. The van der Waals surface area contributed by atoms with Gasteiger partial charge in [-0.15, -0.1) is 0 Å². The van der Waals surface area contributed by atoms with Crippen LogP contribution in [-0.4, -0.2) is 35.4 Å². The maximum atomic E-state index is 10.2. The van der Waals surface area contributed by atoms with Crippen LogP contribution in [0, 0.1) is 0 Å². The normalized spacial score (nSPS) is 11.8. The molecule has 0 aromatic rings. The molecule has 0 rings (SSSR count). The van der Waals surface area contributed by atoms with Gasteiger partial charge in [-0.3, -0.25) is 0 Å². The van der Waals surface area contributed by atoms with Crippen LogP contribution in [-0.2, 0) is 19.1 Å². The number of aliphatic carboxylic acids is 3. The van der Waals surface area contributed by atoms with Crippen molar-refractivity contribution in [1.29, 1.82) is 0 Å². The van der Waals surface area contributed by atoms with Crippen molar-refractivity contribution < 1.29 is 128 Å². The zero-order chi connectivity index (χ0) is 11.4. The maximum absolute atomic E-state index is 10.2. The summed E-state index contributed by atoms with van der Waals surface area (Å²) in [7, 11) is 0. The van der Waals surface area contributed by atoms with Gasteiger partial charge in [0, 0.05) is 12.4 Å². The Kier molecular flexibility index (Phi) is 19.5. The topological polar surface area (TPSA) is 150 Å². The molecule has 11 heteroatoms. The van der Waals surface area contributed by atoms with Gasteiger partial charge in [-0.2, -0.15) is 0 Å². The first-order valence-corrected chi connectivity index (χ1v) is 3.25. The van der Waals surface area contributed by atoms with E-state index in [4.69, 9.17) is 5.11 Å². The van der Waals surface area contributed by atoms with E-state index in [-0.39, 0.29) is 88.7 Å². The van der Waals surface area contributed by atoms with E-state index in [1.165, 1.54) is 0 Å². The van der Waals surface area contributed by atoms with Crippen LogP contribution in [0.2, 0.25) is 0 Å². The number of carbonyl (C=O) groups is 3. The number of aliphatic hydroxyl groups is 1. The van der Waals surface area contributed by atoms with Crippen LogP contribution in [0.5, 0.6) is 0 Å². The van der Waals surface area contributed by atoms with Gasteiger partial charge in [0.05, 0.1) is 12.6 Å². The predicted molar refractivity (Wildman–Crippen MR) is 30.5 cm³/mol. The molecule has 1 unspecified atom stereocenters. The second kappa shape index (κ2) is 12.4. The van der Waals surface area contributed by atoms with E-state index in [9.17, 15) is 29.7 Å². The zero-order valence-electron chi connectivity index (χ0n) is 9.72. The van der Waals surface area contributed by atoms with Crippen molar-refractivity contribution in [3.05, 3.63) is 0 Å². The van der Waals surface area contributed by atoms with E-state index in [1.807, 2.05) is 0 Å². The van der Waals surface area contributed by atoms with Gasteiger partial charge in [-0.1, -0.05) is 0 Å². The molecular weight excluding hydrogens is 269 g/mol. The minimum Gasteiger partial charge on any atom is -0.550 e. The fraction of sp³-hybridized carbons (Fsp3) is 0.500. The first-order chi connectivity index (χ1) is 6.28. The van der Waals surface area contributed by atoms with E-state index in [0.29, 0.717) is 0 Å². The number of rotatable bonds is 6. The van der Waals surface area contributed by atoms with Gasteiger partial charge >= 0.3 is 88.7 Å². The van der Waals surface area contributed by atoms with Crippen molar-refractivity contribution in [2.75, 3.05) is 6.61 Å². The molecule has 0 spiro atoms. The number of hydrogen-bond donors (Lipinski definition) is 1. The molecule has 0 amide bonds. The molecule has 0 saturated carbocycles. The standard InChI is InChI=1S/C6H8O8.3Na/c7-3(8)1-6(13,5(11)12)14-2-4(9)10;;;/h13H,1-2H2,(H,7,8)(H,9,10)(H,11,12);;;/q;3*+1/p-3. The summed E-state index contributed by atoms with van der Waals surface area (Å²) in [6, 6.07) is 0. The number of carboxylic acids is 3. The smallest absolute Gasteiger partial charge is 0.550 e. The Morgan fingerprint density at radius 3 is 1.65 bits per heavy atom. The molecule has 1 N–H and O–H groups in total. The van der Waals surface area contributed by atoms with E-state index >= 15 is 0 Å². The second-order valence-electron chi connectivity index (χ2n) is 2.28. The first-order valence-electron chi connectivity index (χ1n) is 3.25. The van der Waals surface area contributed by atoms with Gasteiger partial charge in [0.25, 0.3) is 0 Å². The maximum Gasteiger partial charge on any atom is 1.00 e. The molecule has 1 atom stereocenters. The van der Waals surface area contributed by atoms with Gasteiger partial charge in [0.15, 0.2) is 0 Å². The molecule has 0 aromatic heterocycles. The first kappa shape index (κ1) is 26.8. The Bertz CT molecular complexity index is 270. The third-order valence-corrected chi connectivity index (χ3v) is 1.13. The molecule has 0 saturated heterocycles. The van der Waals surface area contributed by atoms with Crippen molar-refractivity contribution in [2.24, 2.45) is 0 Å². The number of carboxylic acid groups (broad SMARTS) is 3. The molecular formula is C6H5Na3O8. The van der Waals surface area contributed by atoms with Crippen LogP contribution in [0.25, 0.3) is 0 Å². The Hall–Kier alpha value is 1.33. The van der Waals surface area contributed by atoms with Crippen molar-refractivity contribution in [2.45, 2.75) is 12.2 Å². The minimum atomic E-state index is -3.22. The monoisotopic (exact) mass is 274 g/mol. The summed E-state index contributed by atoms with van der Waals surface area (Å²) in [6.07, 6.45) is -1.44. The number of hydrogen-bond acceptors (Lipinski definition) is 8. The Labute approximate surface area is 163 Å². The van der Waals surface area contributed by atoms with E-state index in [1.54, 1.807) is 0 Å². The zero-order valence-corrected chi connectivity index (χ0v) is 15.7. The minimum absolute atomic E-state index is 0. The molecule has 0 aliphatic rings. The fourth-order valence-electron chi connectivity index (χ4n) is 0.556. The van der Waals surface area contributed by atoms with Crippen LogP contribution < -0.4 is 104 Å². The van der Waals surface area contributed by atoms with Gasteiger partial charge < -0.3 is 39.5 Å². The Balaban J connectivity index is -0.000000282. The van der Waals surface area contributed by atoms with Crippen LogP contribution in [0.4, 0.5) is 0 Å². The summed E-state index contributed by atoms with van der Waals surface area (Å²) in [5, 5.41) is 38.9. The molecule has 80 valence electrons. The van der Waals surface area contributed by atoms with Gasteiger partial charge in [0.2, 0.25) is 5.79 Å². The average Bonchev–Trinajstić information content (AvgIpc) is 1.99. The van der Waals surface area contributed by atoms with Gasteiger partial charge in [-0.25, -0.2) is 0 Å². The molecule has 17 heavy (non-hydrogen) atoms. The molecule has 0 aromatic carbocycles. The summed E-state index contributed by atoms with van der Waals surface area (Å²) < 4.78 is 3.87. The summed E-state index contributed by atoms with van der Waals surface area (Å²) in [6.45, 7) is -1.28.